The summed E-state index contributed by atoms with van der Waals surface area (Å²) in [6.45, 7) is 14.7. The van der Waals surface area contributed by atoms with Gasteiger partial charge in [0.1, 0.15) is 23.9 Å². The van der Waals surface area contributed by atoms with E-state index in [0.29, 0.717) is 64.0 Å². The molecule has 0 saturated carbocycles. The van der Waals surface area contributed by atoms with E-state index < -0.39 is 46.7 Å². The van der Waals surface area contributed by atoms with Crippen molar-refractivity contribution in [3.63, 3.8) is 0 Å². The maximum Gasteiger partial charge on any atom is 0.324 e. The first-order chi connectivity index (χ1) is 32.0. The number of rotatable bonds is 9. The molecule has 4 fully saturated rings. The van der Waals surface area contributed by atoms with Crippen LogP contribution in [-0.4, -0.2) is 130 Å². The number of benzene rings is 2. The summed E-state index contributed by atoms with van der Waals surface area (Å²) < 4.78 is 14.2. The Morgan fingerprint density at radius 2 is 1.82 bits per heavy atom. The normalized spacial score (nSPS) is 23.5. The maximum atomic E-state index is 14.8. The molecule has 16 heteroatoms. The molecule has 16 nitrogen and oxygen atoms in total. The standard InChI is InChI=1S/C51H64N8O8/c1-8-57-41-14-13-32-23-36(41)37(44(57)35-11-9-16-52-42(35)30(4)66-7)24-50(5,6)28-67-48(64)38-12-10-17-59(55-38)47(63)39(21-31-19-33(32)22-34(60)20-31)54-45(61)43(29(2)3)58-18-15-51(49(58)65)26-56(27-51)46(62)40-25-53-40/h9,11,13-14,16,19-20,22-23,29-30,38-40,43,53,55,60H,8,10,12,15,17-18,21,24-28H2,1-7H3,(H,54,61)/t30-,38-,39-,40-,43-/m0/s1. The Bertz CT molecular complexity index is 2610. The van der Waals surface area contributed by atoms with E-state index in [9.17, 15) is 29.1 Å². The highest BCUT2D eigenvalue weighted by Crippen LogP contribution is 2.44. The number of esters is 1. The zero-order valence-corrected chi connectivity index (χ0v) is 39.7. The number of cyclic esters (lactones) is 1. The third-order valence-electron chi connectivity index (χ3n) is 14.5. The molecule has 5 aliphatic heterocycles. The van der Waals surface area contributed by atoms with Crippen LogP contribution in [0.4, 0.5) is 0 Å². The second kappa shape index (κ2) is 18.0. The first kappa shape index (κ1) is 46.3. The van der Waals surface area contributed by atoms with Crippen LogP contribution in [0, 0.1) is 16.7 Å². The number of nitrogens with one attached hydrogen (secondary N) is 3. The second-order valence-corrected chi connectivity index (χ2v) is 20.4. The molecule has 0 unspecified atom stereocenters. The number of carbonyl (C=O) groups is 5. The number of aromatic hydroxyl groups is 1. The predicted octanol–water partition coefficient (Wildman–Crippen LogP) is 4.51. The van der Waals surface area contributed by atoms with Crippen molar-refractivity contribution >= 4 is 40.5 Å². The number of phenols is 1. The number of likely N-dealkylation sites (tertiary alicyclic amines) is 2. The van der Waals surface area contributed by atoms with Gasteiger partial charge in [0.25, 0.3) is 5.91 Å². The lowest BCUT2D eigenvalue weighted by molar-refractivity contribution is -0.157. The number of hydrogen-bond donors (Lipinski definition) is 4. The van der Waals surface area contributed by atoms with E-state index in [1.165, 1.54) is 5.01 Å². The van der Waals surface area contributed by atoms with Gasteiger partial charge in [0.05, 0.1) is 35.6 Å². The largest absolute Gasteiger partial charge is 0.508 e. The average Bonchev–Trinajstić information content (AvgIpc) is 4.04. The quantitative estimate of drug-likeness (QED) is 0.136. The van der Waals surface area contributed by atoms with Gasteiger partial charge in [-0.3, -0.25) is 34.0 Å². The molecule has 2 aromatic carbocycles. The number of aromatic nitrogens is 2. The molecule has 6 bridgehead atoms. The summed E-state index contributed by atoms with van der Waals surface area (Å²) in [6.07, 6.45) is 3.54. The Balaban J connectivity index is 1.09. The molecule has 4 N–H and O–H groups in total. The maximum absolute atomic E-state index is 14.8. The molecule has 4 saturated heterocycles. The Labute approximate surface area is 391 Å². The Hall–Kier alpha value is -5.84. The number of nitrogens with zero attached hydrogens (tertiary/aromatic N) is 5. The summed E-state index contributed by atoms with van der Waals surface area (Å²) in [6, 6.07) is 12.5. The average molecular weight is 917 g/mol. The zero-order valence-electron chi connectivity index (χ0n) is 39.7. The Morgan fingerprint density at radius 3 is 2.54 bits per heavy atom. The number of pyridine rings is 1. The third-order valence-corrected chi connectivity index (χ3v) is 14.5. The minimum Gasteiger partial charge on any atom is -0.508 e. The highest BCUT2D eigenvalue weighted by atomic mass is 16.5. The van der Waals surface area contributed by atoms with Crippen molar-refractivity contribution < 1.29 is 38.6 Å². The smallest absolute Gasteiger partial charge is 0.324 e. The number of amides is 4. The molecule has 67 heavy (non-hydrogen) atoms. The summed E-state index contributed by atoms with van der Waals surface area (Å²) in [4.78, 5) is 78.4. The lowest BCUT2D eigenvalue weighted by Crippen LogP contribution is -2.64. The molecule has 0 radical (unpaired) electrons. The van der Waals surface area contributed by atoms with Crippen LogP contribution in [0.3, 0.4) is 0 Å². The third kappa shape index (κ3) is 8.79. The molecule has 0 aliphatic carbocycles. The monoisotopic (exact) mass is 916 g/mol. The molecular weight excluding hydrogens is 853 g/mol. The summed E-state index contributed by atoms with van der Waals surface area (Å²) in [5.41, 5.74) is 8.89. The van der Waals surface area contributed by atoms with Gasteiger partial charge in [-0.2, -0.15) is 0 Å². The van der Waals surface area contributed by atoms with Crippen molar-refractivity contribution in [3.05, 3.63) is 71.5 Å². The van der Waals surface area contributed by atoms with Crippen LogP contribution < -0.4 is 16.1 Å². The van der Waals surface area contributed by atoms with Crippen molar-refractivity contribution in [2.75, 3.05) is 46.4 Å². The molecule has 9 rings (SSSR count). The van der Waals surface area contributed by atoms with Gasteiger partial charge >= 0.3 is 5.97 Å². The fraction of sp³-hybridized carbons (Fsp3) is 0.529. The second-order valence-electron chi connectivity index (χ2n) is 20.4. The van der Waals surface area contributed by atoms with Crippen LogP contribution in [0.15, 0.2) is 54.7 Å². The SMILES string of the molecule is CCn1c(-c2cccnc2[C@H](C)OC)c2c3cc(ccc31)-c1cc(O)cc(c1)C[C@H](NC(=O)[C@H](C(C)C)N1CCC3(CN(C(=O)[C@@H]4CN4)C3)C1=O)C(=O)N1CCC[C@H](N1)C(=O)OCC(C)(C)C2. The van der Waals surface area contributed by atoms with Gasteiger partial charge in [0.15, 0.2) is 0 Å². The zero-order chi connectivity index (χ0) is 47.5. The van der Waals surface area contributed by atoms with Gasteiger partial charge in [-0.25, -0.2) is 5.43 Å². The number of carbonyl (C=O) groups excluding carboxylic acids is 5. The van der Waals surface area contributed by atoms with Gasteiger partial charge in [-0.05, 0) is 104 Å². The summed E-state index contributed by atoms with van der Waals surface area (Å²) >= 11 is 0. The van der Waals surface area contributed by atoms with Gasteiger partial charge in [-0.15, -0.1) is 0 Å². The summed E-state index contributed by atoms with van der Waals surface area (Å²) in [5, 5.41) is 19.9. The van der Waals surface area contributed by atoms with Crippen molar-refractivity contribution in [1.82, 2.24) is 40.4 Å². The van der Waals surface area contributed by atoms with Crippen LogP contribution in [0.1, 0.15) is 83.7 Å². The number of hydrogen-bond acceptors (Lipinski definition) is 11. The number of phenolic OH excluding ortho intramolecular Hbond substituents is 1. The molecule has 4 amide bonds. The fourth-order valence-corrected chi connectivity index (χ4v) is 10.8. The number of ether oxygens (including phenoxy) is 2. The van der Waals surface area contributed by atoms with E-state index in [4.69, 9.17) is 14.5 Å². The van der Waals surface area contributed by atoms with Gasteiger partial charge < -0.3 is 39.6 Å². The molecule has 1 spiro atoms. The lowest BCUT2D eigenvalue weighted by Gasteiger charge is -2.46. The molecular formula is C51H64N8O8. The van der Waals surface area contributed by atoms with Crippen LogP contribution >= 0.6 is 0 Å². The van der Waals surface area contributed by atoms with Crippen molar-refractivity contribution in [1.29, 1.82) is 0 Å². The Morgan fingerprint density at radius 1 is 1.04 bits per heavy atom. The summed E-state index contributed by atoms with van der Waals surface area (Å²) in [7, 11) is 1.67. The molecule has 4 aromatic rings. The van der Waals surface area contributed by atoms with Crippen molar-refractivity contribution in [3.8, 4) is 28.1 Å². The highest BCUT2D eigenvalue weighted by Gasteiger charge is 2.59. The van der Waals surface area contributed by atoms with E-state index >= 15 is 0 Å². The predicted molar refractivity (Wildman–Crippen MR) is 251 cm³/mol. The number of methoxy groups -OCH3 is 1. The van der Waals surface area contributed by atoms with Gasteiger partial charge in [-0.1, -0.05) is 39.8 Å². The lowest BCUT2D eigenvalue weighted by atomic mass is 9.78. The molecule has 7 heterocycles. The minimum atomic E-state index is -1.14. The molecule has 2 aromatic heterocycles. The van der Waals surface area contributed by atoms with Crippen LogP contribution in [0.25, 0.3) is 33.3 Å². The fourth-order valence-electron chi connectivity index (χ4n) is 10.8. The first-order valence-corrected chi connectivity index (χ1v) is 23.9. The van der Waals surface area contributed by atoms with Gasteiger partial charge in [0, 0.05) is 80.9 Å². The highest BCUT2D eigenvalue weighted by molar-refractivity contribution is 5.97. The Kier molecular flexibility index (Phi) is 12.4. The molecule has 356 valence electrons. The van der Waals surface area contributed by atoms with Gasteiger partial charge in [0.2, 0.25) is 17.7 Å². The first-order valence-electron chi connectivity index (χ1n) is 23.9. The van der Waals surface area contributed by atoms with Crippen LogP contribution in [0.5, 0.6) is 5.75 Å². The molecule has 5 atom stereocenters. The van der Waals surface area contributed by atoms with E-state index in [2.05, 4.69) is 59.6 Å². The van der Waals surface area contributed by atoms with Crippen LogP contribution in [0.2, 0.25) is 0 Å². The topological polar surface area (TPSA) is 198 Å². The van der Waals surface area contributed by atoms with E-state index in [0.717, 1.165) is 44.5 Å². The van der Waals surface area contributed by atoms with E-state index in [1.807, 2.05) is 39.0 Å². The van der Waals surface area contributed by atoms with Crippen molar-refractivity contribution in [2.24, 2.45) is 16.7 Å². The van der Waals surface area contributed by atoms with E-state index in [1.54, 1.807) is 35.2 Å². The number of fused-ring (bicyclic) bond motifs is 6. The number of hydrazine groups is 1. The molecule has 5 aliphatic rings. The van der Waals surface area contributed by atoms with E-state index in [-0.39, 0.29) is 55.2 Å². The minimum absolute atomic E-state index is 0.00123. The summed E-state index contributed by atoms with van der Waals surface area (Å²) in [5.74, 6) is -1.86. The van der Waals surface area contributed by atoms with Crippen LogP contribution in [-0.2, 0) is 52.8 Å². The number of aryl methyl sites for hydroxylation is 1. The van der Waals surface area contributed by atoms with Crippen molar-refractivity contribution in [2.45, 2.75) is 110 Å².